The zero-order chi connectivity index (χ0) is 18.2. The fraction of sp³-hybridized carbons (Fsp3) is 0.400. The first-order valence-corrected chi connectivity index (χ1v) is 7.65. The maximum Gasteiger partial charge on any atom is 0.293 e. The molecular weight excluding hydrogens is 328 g/mol. The van der Waals surface area contributed by atoms with Gasteiger partial charge in [0, 0.05) is 31.3 Å². The standard InChI is InChI=1S/C15H20N6O4/c1-11(8-20-10-16-9-18-20)19-15(22)12-3-4-13(17-5-6-25-2)14(7-12)21(23)24/h3-4,7,9-11,17H,5-6,8H2,1-2H3,(H,19,22). The quantitative estimate of drug-likeness (QED) is 0.394. The highest BCUT2D eigenvalue weighted by atomic mass is 16.6. The lowest BCUT2D eigenvalue weighted by atomic mass is 10.1. The van der Waals surface area contributed by atoms with Gasteiger partial charge in [0.2, 0.25) is 0 Å². The van der Waals surface area contributed by atoms with Crippen LogP contribution in [0.4, 0.5) is 11.4 Å². The number of amides is 1. The molecule has 1 aromatic heterocycles. The second-order valence-electron chi connectivity index (χ2n) is 5.40. The first-order valence-electron chi connectivity index (χ1n) is 7.65. The summed E-state index contributed by atoms with van der Waals surface area (Å²) in [6, 6.07) is 4.10. The SMILES string of the molecule is COCCNc1ccc(C(=O)NC(C)Cn2cncn2)cc1[N+](=O)[O-]. The lowest BCUT2D eigenvalue weighted by Crippen LogP contribution is -2.35. The van der Waals surface area contributed by atoms with Crippen molar-refractivity contribution in [3.8, 4) is 0 Å². The van der Waals surface area contributed by atoms with Crippen molar-refractivity contribution in [2.45, 2.75) is 19.5 Å². The van der Waals surface area contributed by atoms with Gasteiger partial charge in [-0.25, -0.2) is 4.98 Å². The van der Waals surface area contributed by atoms with Crippen molar-refractivity contribution >= 4 is 17.3 Å². The minimum absolute atomic E-state index is 0.160. The molecule has 1 unspecified atom stereocenters. The van der Waals surface area contributed by atoms with Crippen molar-refractivity contribution in [1.29, 1.82) is 0 Å². The van der Waals surface area contributed by atoms with Gasteiger partial charge < -0.3 is 15.4 Å². The van der Waals surface area contributed by atoms with Gasteiger partial charge in [0.05, 0.1) is 18.1 Å². The molecule has 2 rings (SSSR count). The van der Waals surface area contributed by atoms with Gasteiger partial charge in [-0.3, -0.25) is 19.6 Å². The monoisotopic (exact) mass is 348 g/mol. The van der Waals surface area contributed by atoms with Crippen LogP contribution in [-0.4, -0.2) is 51.9 Å². The summed E-state index contributed by atoms with van der Waals surface area (Å²) in [6.07, 6.45) is 2.96. The van der Waals surface area contributed by atoms with Crippen LogP contribution in [0.3, 0.4) is 0 Å². The van der Waals surface area contributed by atoms with Gasteiger partial charge in [0.25, 0.3) is 11.6 Å². The molecule has 10 nitrogen and oxygen atoms in total. The van der Waals surface area contributed by atoms with Crippen LogP contribution in [0.25, 0.3) is 0 Å². The zero-order valence-electron chi connectivity index (χ0n) is 14.0. The normalized spacial score (nSPS) is 11.8. The van der Waals surface area contributed by atoms with Gasteiger partial charge in [-0.2, -0.15) is 5.10 Å². The molecule has 1 amide bonds. The van der Waals surface area contributed by atoms with Gasteiger partial charge in [-0.15, -0.1) is 0 Å². The molecule has 0 aliphatic carbocycles. The summed E-state index contributed by atoms with van der Waals surface area (Å²) in [6.45, 7) is 3.11. The highest BCUT2D eigenvalue weighted by Crippen LogP contribution is 2.25. The number of ether oxygens (including phenoxy) is 1. The topological polar surface area (TPSA) is 124 Å². The molecule has 0 saturated heterocycles. The molecular formula is C15H20N6O4. The van der Waals surface area contributed by atoms with Gasteiger partial charge >= 0.3 is 0 Å². The fourth-order valence-corrected chi connectivity index (χ4v) is 2.22. The van der Waals surface area contributed by atoms with Crippen molar-refractivity contribution in [2.75, 3.05) is 25.6 Å². The van der Waals surface area contributed by atoms with Gasteiger partial charge in [0.15, 0.2) is 0 Å². The van der Waals surface area contributed by atoms with E-state index in [4.69, 9.17) is 4.74 Å². The van der Waals surface area contributed by atoms with E-state index in [1.54, 1.807) is 24.2 Å². The Labute approximate surface area is 144 Å². The number of carbonyl (C=O) groups excluding carboxylic acids is 1. The number of nitro benzene ring substituents is 1. The summed E-state index contributed by atoms with van der Waals surface area (Å²) in [7, 11) is 1.55. The average Bonchev–Trinajstić information content (AvgIpc) is 3.07. The molecule has 0 radical (unpaired) electrons. The lowest BCUT2D eigenvalue weighted by molar-refractivity contribution is -0.384. The Hall–Kier alpha value is -3.01. The van der Waals surface area contributed by atoms with Crippen LogP contribution in [0, 0.1) is 10.1 Å². The highest BCUT2D eigenvalue weighted by molar-refractivity contribution is 5.95. The van der Waals surface area contributed by atoms with Crippen LogP contribution in [0.2, 0.25) is 0 Å². The number of nitrogens with one attached hydrogen (secondary N) is 2. The molecule has 2 aromatic rings. The summed E-state index contributed by atoms with van der Waals surface area (Å²) < 4.78 is 6.50. The van der Waals surface area contributed by atoms with Crippen LogP contribution < -0.4 is 10.6 Å². The van der Waals surface area contributed by atoms with E-state index < -0.39 is 4.92 Å². The molecule has 0 aliphatic heterocycles. The number of rotatable bonds is 9. The van der Waals surface area contributed by atoms with E-state index in [-0.39, 0.29) is 23.2 Å². The predicted molar refractivity (Wildman–Crippen MR) is 90.4 cm³/mol. The van der Waals surface area contributed by atoms with E-state index in [2.05, 4.69) is 20.7 Å². The van der Waals surface area contributed by atoms with E-state index in [1.807, 2.05) is 6.92 Å². The van der Waals surface area contributed by atoms with Crippen LogP contribution in [0.15, 0.2) is 30.9 Å². The summed E-state index contributed by atoms with van der Waals surface area (Å²) in [5.74, 6) is -0.390. The van der Waals surface area contributed by atoms with E-state index >= 15 is 0 Å². The fourth-order valence-electron chi connectivity index (χ4n) is 2.22. The molecule has 134 valence electrons. The van der Waals surface area contributed by atoms with E-state index in [0.29, 0.717) is 25.4 Å². The number of benzene rings is 1. The molecule has 1 atom stereocenters. The third-order valence-corrected chi connectivity index (χ3v) is 3.38. The second-order valence-corrected chi connectivity index (χ2v) is 5.40. The molecule has 0 fully saturated rings. The third-order valence-electron chi connectivity index (χ3n) is 3.38. The molecule has 2 N–H and O–H groups in total. The number of hydrogen-bond acceptors (Lipinski definition) is 7. The second kappa shape index (κ2) is 8.73. The Bertz CT molecular complexity index is 719. The van der Waals surface area contributed by atoms with Crippen molar-refractivity contribution in [2.24, 2.45) is 0 Å². The molecule has 0 spiro atoms. The van der Waals surface area contributed by atoms with Gasteiger partial charge in [-0.05, 0) is 19.1 Å². The smallest absolute Gasteiger partial charge is 0.293 e. The van der Waals surface area contributed by atoms with Crippen molar-refractivity contribution in [3.05, 3.63) is 46.5 Å². The minimum atomic E-state index is -0.523. The number of nitro groups is 1. The first kappa shape index (κ1) is 18.3. The average molecular weight is 348 g/mol. The Morgan fingerprint density at radius 2 is 2.28 bits per heavy atom. The maximum absolute atomic E-state index is 12.3. The largest absolute Gasteiger partial charge is 0.383 e. The predicted octanol–water partition coefficient (Wildman–Crippen LogP) is 1.06. The molecule has 1 heterocycles. The lowest BCUT2D eigenvalue weighted by Gasteiger charge is -2.14. The molecule has 1 aromatic carbocycles. The van der Waals surface area contributed by atoms with E-state index in [0.717, 1.165) is 0 Å². The van der Waals surface area contributed by atoms with Crippen molar-refractivity contribution in [1.82, 2.24) is 20.1 Å². The summed E-state index contributed by atoms with van der Waals surface area (Å²) in [5.41, 5.74) is 0.399. The maximum atomic E-state index is 12.3. The van der Waals surface area contributed by atoms with Crippen LogP contribution in [-0.2, 0) is 11.3 Å². The highest BCUT2D eigenvalue weighted by Gasteiger charge is 2.18. The number of aromatic nitrogens is 3. The Morgan fingerprint density at radius 3 is 2.92 bits per heavy atom. The number of nitrogens with zero attached hydrogens (tertiary/aromatic N) is 4. The zero-order valence-corrected chi connectivity index (χ0v) is 14.0. The van der Waals surface area contributed by atoms with Crippen LogP contribution >= 0.6 is 0 Å². The molecule has 25 heavy (non-hydrogen) atoms. The van der Waals surface area contributed by atoms with Gasteiger partial charge in [0.1, 0.15) is 18.3 Å². The van der Waals surface area contributed by atoms with Crippen LogP contribution in [0.5, 0.6) is 0 Å². The summed E-state index contributed by atoms with van der Waals surface area (Å²) in [4.78, 5) is 26.9. The molecule has 0 aliphatic rings. The Balaban J connectivity index is 2.05. The molecule has 0 bridgehead atoms. The summed E-state index contributed by atoms with van der Waals surface area (Å²) in [5, 5.41) is 20.9. The van der Waals surface area contributed by atoms with Crippen LogP contribution in [0.1, 0.15) is 17.3 Å². The van der Waals surface area contributed by atoms with Crippen molar-refractivity contribution in [3.63, 3.8) is 0 Å². The van der Waals surface area contributed by atoms with Gasteiger partial charge in [-0.1, -0.05) is 0 Å². The van der Waals surface area contributed by atoms with Crippen molar-refractivity contribution < 1.29 is 14.5 Å². The minimum Gasteiger partial charge on any atom is -0.383 e. The van der Waals surface area contributed by atoms with E-state index in [9.17, 15) is 14.9 Å². The first-order chi connectivity index (χ1) is 12.0. The number of hydrogen-bond donors (Lipinski definition) is 2. The Kier molecular flexibility index (Phi) is 6.40. The molecule has 10 heteroatoms. The third kappa shape index (κ3) is 5.24. The van der Waals surface area contributed by atoms with E-state index in [1.165, 1.54) is 18.5 Å². The Morgan fingerprint density at radius 1 is 1.48 bits per heavy atom. The summed E-state index contributed by atoms with van der Waals surface area (Å²) >= 11 is 0. The number of methoxy groups -OCH3 is 1. The number of carbonyl (C=O) groups is 1. The number of anilines is 1. The molecule has 0 saturated carbocycles.